The Bertz CT molecular complexity index is 652. The summed E-state index contributed by atoms with van der Waals surface area (Å²) in [6.45, 7) is 4.18. The smallest absolute Gasteiger partial charge is 0.224 e. The molecule has 0 saturated carbocycles. The highest BCUT2D eigenvalue weighted by Gasteiger charge is 2.10. The summed E-state index contributed by atoms with van der Waals surface area (Å²) in [5.41, 5.74) is 9.62. The number of rotatable bonds is 7. The number of nitrogens with one attached hydrogen (secondary N) is 1. The second-order valence-electron chi connectivity index (χ2n) is 5.65. The van der Waals surface area contributed by atoms with E-state index in [0.717, 1.165) is 30.2 Å². The zero-order valence-corrected chi connectivity index (χ0v) is 13.5. The lowest BCUT2D eigenvalue weighted by molar-refractivity contribution is -0.116. The third-order valence-corrected chi connectivity index (χ3v) is 3.82. The number of para-hydroxylation sites is 1. The van der Waals surface area contributed by atoms with Gasteiger partial charge in [0, 0.05) is 11.8 Å². The predicted molar refractivity (Wildman–Crippen MR) is 92.9 cm³/mol. The van der Waals surface area contributed by atoms with Crippen LogP contribution in [0.25, 0.3) is 10.9 Å². The lowest BCUT2D eigenvalue weighted by atomic mass is 10.0. The molecule has 0 fully saturated rings. The first-order chi connectivity index (χ1) is 10.7. The van der Waals surface area contributed by atoms with Gasteiger partial charge in [0.1, 0.15) is 0 Å². The number of nitrogen functional groups attached to an aromatic ring is 1. The van der Waals surface area contributed by atoms with E-state index in [4.69, 9.17) is 5.73 Å². The number of unbranched alkanes of at least 4 members (excludes halogenated alkanes) is 2. The van der Waals surface area contributed by atoms with Gasteiger partial charge in [-0.3, -0.25) is 9.78 Å². The van der Waals surface area contributed by atoms with Gasteiger partial charge in [0.15, 0.2) is 0 Å². The number of carbonyl (C=O) groups is 1. The number of carbonyl (C=O) groups excluding carboxylic acids is 1. The number of anilines is 2. The number of nitrogens with zero attached hydrogens (tertiary/aromatic N) is 1. The highest BCUT2D eigenvalue weighted by molar-refractivity contribution is 6.02. The van der Waals surface area contributed by atoms with Crippen molar-refractivity contribution in [2.75, 3.05) is 11.1 Å². The molecule has 0 saturated heterocycles. The van der Waals surface area contributed by atoms with Crippen LogP contribution in [0.1, 0.15) is 51.5 Å². The fourth-order valence-electron chi connectivity index (χ4n) is 2.61. The summed E-state index contributed by atoms with van der Waals surface area (Å²) in [6.07, 6.45) is 7.58. The van der Waals surface area contributed by atoms with Gasteiger partial charge in [-0.1, -0.05) is 44.9 Å². The molecule has 0 radical (unpaired) electrons. The number of aryl methyl sites for hydroxylation is 1. The molecule has 1 heterocycles. The van der Waals surface area contributed by atoms with Gasteiger partial charge in [0.25, 0.3) is 0 Å². The normalized spacial score (nSPS) is 10.8. The molecule has 2 aromatic rings. The van der Waals surface area contributed by atoms with Gasteiger partial charge in [0.05, 0.1) is 23.1 Å². The highest BCUT2D eigenvalue weighted by Crippen LogP contribution is 2.29. The molecule has 0 spiro atoms. The Balaban J connectivity index is 2.29. The molecular weight excluding hydrogens is 274 g/mol. The van der Waals surface area contributed by atoms with Crippen molar-refractivity contribution in [1.29, 1.82) is 0 Å². The lowest BCUT2D eigenvalue weighted by Crippen LogP contribution is -2.12. The molecule has 1 aromatic carbocycles. The summed E-state index contributed by atoms with van der Waals surface area (Å²) in [4.78, 5) is 16.3. The quantitative estimate of drug-likeness (QED) is 0.749. The van der Waals surface area contributed by atoms with Crippen LogP contribution in [0.5, 0.6) is 0 Å². The molecule has 3 N–H and O–H groups in total. The summed E-state index contributed by atoms with van der Waals surface area (Å²) < 4.78 is 0. The fraction of sp³-hybridized carbons (Fsp3) is 0.444. The minimum Gasteiger partial charge on any atom is -0.396 e. The average molecular weight is 299 g/mol. The number of hydrogen-bond donors (Lipinski definition) is 2. The van der Waals surface area contributed by atoms with Crippen LogP contribution in [0.3, 0.4) is 0 Å². The molecule has 22 heavy (non-hydrogen) atoms. The van der Waals surface area contributed by atoms with Crippen molar-refractivity contribution in [3.63, 3.8) is 0 Å². The molecule has 118 valence electrons. The van der Waals surface area contributed by atoms with E-state index < -0.39 is 0 Å². The third kappa shape index (κ3) is 3.75. The Morgan fingerprint density at radius 3 is 2.77 bits per heavy atom. The van der Waals surface area contributed by atoms with Crippen LogP contribution in [0.4, 0.5) is 11.4 Å². The molecule has 0 aliphatic heterocycles. The topological polar surface area (TPSA) is 68.0 Å². The van der Waals surface area contributed by atoms with E-state index >= 15 is 0 Å². The second-order valence-corrected chi connectivity index (χ2v) is 5.65. The van der Waals surface area contributed by atoms with Crippen molar-refractivity contribution in [1.82, 2.24) is 4.98 Å². The van der Waals surface area contributed by atoms with E-state index in [-0.39, 0.29) is 5.91 Å². The number of benzene rings is 1. The number of hydrogen-bond acceptors (Lipinski definition) is 3. The van der Waals surface area contributed by atoms with Crippen LogP contribution >= 0.6 is 0 Å². The molecule has 4 heteroatoms. The number of pyridine rings is 1. The van der Waals surface area contributed by atoms with Gasteiger partial charge >= 0.3 is 0 Å². The molecular formula is C18H25N3O. The van der Waals surface area contributed by atoms with E-state index in [1.807, 2.05) is 19.1 Å². The maximum Gasteiger partial charge on any atom is 0.224 e. The van der Waals surface area contributed by atoms with Crippen LogP contribution < -0.4 is 11.1 Å². The molecule has 0 atom stereocenters. The van der Waals surface area contributed by atoms with Gasteiger partial charge in [-0.2, -0.15) is 0 Å². The Labute approximate surface area is 132 Å². The van der Waals surface area contributed by atoms with Crippen LogP contribution in [-0.2, 0) is 11.2 Å². The van der Waals surface area contributed by atoms with Crippen molar-refractivity contribution >= 4 is 28.2 Å². The van der Waals surface area contributed by atoms with E-state index in [2.05, 4.69) is 23.3 Å². The van der Waals surface area contributed by atoms with Gasteiger partial charge in [-0.25, -0.2) is 0 Å². The summed E-state index contributed by atoms with van der Waals surface area (Å²) in [7, 11) is 0. The van der Waals surface area contributed by atoms with Gasteiger partial charge in [0.2, 0.25) is 5.91 Å². The summed E-state index contributed by atoms with van der Waals surface area (Å²) >= 11 is 0. The van der Waals surface area contributed by atoms with E-state index in [0.29, 0.717) is 17.8 Å². The first kappa shape index (κ1) is 16.3. The molecule has 0 unspecified atom stereocenters. The predicted octanol–water partition coefficient (Wildman–Crippen LogP) is 4.29. The van der Waals surface area contributed by atoms with Crippen LogP contribution in [0.2, 0.25) is 0 Å². The number of fused-ring (bicyclic) bond motifs is 1. The average Bonchev–Trinajstić information content (AvgIpc) is 2.51. The van der Waals surface area contributed by atoms with E-state index in [1.54, 1.807) is 6.20 Å². The third-order valence-electron chi connectivity index (χ3n) is 3.82. The van der Waals surface area contributed by atoms with Crippen LogP contribution in [0, 0.1) is 0 Å². The van der Waals surface area contributed by atoms with Gasteiger partial charge < -0.3 is 11.1 Å². The first-order valence-corrected chi connectivity index (χ1v) is 8.13. The maximum atomic E-state index is 11.7. The lowest BCUT2D eigenvalue weighted by Gasteiger charge is -2.12. The molecule has 4 nitrogen and oxygen atoms in total. The summed E-state index contributed by atoms with van der Waals surface area (Å²) in [6, 6.07) is 6.09. The van der Waals surface area contributed by atoms with Gasteiger partial charge in [-0.05, 0) is 24.8 Å². The van der Waals surface area contributed by atoms with Gasteiger partial charge in [-0.15, -0.1) is 0 Å². The second kappa shape index (κ2) is 7.78. The zero-order valence-electron chi connectivity index (χ0n) is 13.5. The Hall–Kier alpha value is -2.10. The Kier molecular flexibility index (Phi) is 5.75. The van der Waals surface area contributed by atoms with Crippen molar-refractivity contribution in [2.45, 2.75) is 52.4 Å². The Morgan fingerprint density at radius 1 is 1.23 bits per heavy atom. The highest BCUT2D eigenvalue weighted by atomic mass is 16.1. The number of aromatic nitrogens is 1. The summed E-state index contributed by atoms with van der Waals surface area (Å²) in [5, 5.41) is 3.77. The number of nitrogens with two attached hydrogens (primary N) is 1. The van der Waals surface area contributed by atoms with E-state index in [9.17, 15) is 4.79 Å². The minimum atomic E-state index is -0.0190. The van der Waals surface area contributed by atoms with Crippen molar-refractivity contribution in [3.05, 3.63) is 30.0 Å². The molecule has 0 aliphatic carbocycles. The molecule has 1 aromatic heterocycles. The number of amides is 1. The first-order valence-electron chi connectivity index (χ1n) is 8.13. The van der Waals surface area contributed by atoms with Crippen molar-refractivity contribution in [2.24, 2.45) is 0 Å². The monoisotopic (exact) mass is 299 g/mol. The minimum absolute atomic E-state index is 0.0190. The van der Waals surface area contributed by atoms with E-state index in [1.165, 1.54) is 18.4 Å². The van der Waals surface area contributed by atoms with Crippen LogP contribution in [0.15, 0.2) is 24.4 Å². The zero-order chi connectivity index (χ0) is 15.9. The molecule has 0 aliphatic rings. The SMILES string of the molecule is CCCCCc1cccc2c(N)c(NC(=O)CCC)cnc12. The molecule has 0 bridgehead atoms. The van der Waals surface area contributed by atoms with Crippen molar-refractivity contribution < 1.29 is 4.79 Å². The largest absolute Gasteiger partial charge is 0.396 e. The Morgan fingerprint density at radius 2 is 2.05 bits per heavy atom. The summed E-state index contributed by atoms with van der Waals surface area (Å²) in [5.74, 6) is -0.0190. The maximum absolute atomic E-state index is 11.7. The van der Waals surface area contributed by atoms with Crippen LogP contribution in [-0.4, -0.2) is 10.9 Å². The van der Waals surface area contributed by atoms with Crippen molar-refractivity contribution in [3.8, 4) is 0 Å². The molecule has 2 rings (SSSR count). The standard InChI is InChI=1S/C18H25N3O/c1-3-5-6-9-13-10-7-11-14-17(19)15(12-20-18(13)14)21-16(22)8-4-2/h7,10-12H,3-6,8-9H2,1-2H3,(H2,19,20)(H,21,22). The molecule has 1 amide bonds. The fourth-order valence-corrected chi connectivity index (χ4v) is 2.61.